The Kier molecular flexibility index (Phi) is 10.3. The number of hydrogen-bond acceptors (Lipinski definition) is 2. The molecule has 0 N–H and O–H groups in total. The van der Waals surface area contributed by atoms with Gasteiger partial charge in [-0.2, -0.15) is 0 Å². The van der Waals surface area contributed by atoms with Crippen molar-refractivity contribution < 1.29 is 0 Å². The summed E-state index contributed by atoms with van der Waals surface area (Å²) in [6.45, 7) is 2.41. The molecule has 0 amide bonds. The van der Waals surface area contributed by atoms with E-state index in [2.05, 4.69) is 314 Å². The zero-order chi connectivity index (χ0) is 51.1. The first-order valence-corrected chi connectivity index (χ1v) is 26.8. The molecule has 1 atom stereocenters. The molecular formula is C75H52N2. The van der Waals surface area contributed by atoms with Gasteiger partial charge in [0.2, 0.25) is 0 Å². The molecule has 1 unspecified atom stereocenters. The zero-order valence-electron chi connectivity index (χ0n) is 42.7. The van der Waals surface area contributed by atoms with Gasteiger partial charge in [0.15, 0.2) is 0 Å². The fraction of sp³-hybridized carbons (Fsp3) is 0.0400. The van der Waals surface area contributed by atoms with Crippen molar-refractivity contribution >= 4 is 34.1 Å². The molecule has 12 aromatic rings. The first kappa shape index (κ1) is 44.7. The van der Waals surface area contributed by atoms with Crippen LogP contribution in [-0.4, -0.2) is 0 Å². The summed E-state index contributed by atoms with van der Waals surface area (Å²) in [5, 5.41) is 0. The Morgan fingerprint density at radius 1 is 0.273 bits per heavy atom. The molecule has 77 heavy (non-hydrogen) atoms. The quantitative estimate of drug-likeness (QED) is 0.150. The molecule has 1 heterocycles. The summed E-state index contributed by atoms with van der Waals surface area (Å²) in [5.41, 5.74) is 27.0. The van der Waals surface area contributed by atoms with E-state index >= 15 is 0 Å². The monoisotopic (exact) mass is 980 g/mol. The van der Waals surface area contributed by atoms with Gasteiger partial charge in [0.1, 0.15) is 0 Å². The largest absolute Gasteiger partial charge is 0.310 e. The molecule has 0 radical (unpaired) electrons. The number of para-hydroxylation sites is 3. The van der Waals surface area contributed by atoms with Crippen molar-refractivity contribution in [2.24, 2.45) is 0 Å². The van der Waals surface area contributed by atoms with Crippen molar-refractivity contribution in [1.82, 2.24) is 0 Å². The van der Waals surface area contributed by atoms with E-state index in [1.54, 1.807) is 0 Å². The van der Waals surface area contributed by atoms with Crippen LogP contribution in [0.3, 0.4) is 0 Å². The minimum Gasteiger partial charge on any atom is -0.310 e. The molecular weight excluding hydrogens is 929 g/mol. The highest BCUT2D eigenvalue weighted by atomic mass is 15.2. The van der Waals surface area contributed by atoms with Gasteiger partial charge in [-0.25, -0.2) is 0 Å². The third-order valence-electron chi connectivity index (χ3n) is 16.9. The maximum atomic E-state index is 2.52. The van der Waals surface area contributed by atoms with Crippen LogP contribution in [0.1, 0.15) is 45.9 Å². The standard InChI is InChI=1S/C75H52N2/c1-74(57-26-10-4-11-27-57)66-32-16-14-30-62(66)64-44-42-60(49-70(64)74)76(59-40-38-53(39-41-59)56-47-54(51-22-6-2-7-23-51)46-55(48-56)52-24-8-3-9-25-52)61-43-45-65-63-31-15-17-33-67(63)75(71(65)50-61)68-34-18-20-36-72(68)77(58-28-12-5-13-29-58)73-37-21-19-35-69(73)75/h2-50H,1H3. The summed E-state index contributed by atoms with van der Waals surface area (Å²) in [6.07, 6.45) is 0. The Balaban J connectivity index is 0.952. The predicted molar refractivity (Wildman–Crippen MR) is 320 cm³/mol. The van der Waals surface area contributed by atoms with Crippen LogP contribution in [-0.2, 0) is 10.8 Å². The number of rotatable bonds is 8. The van der Waals surface area contributed by atoms with Gasteiger partial charge in [0.05, 0.1) is 16.8 Å². The normalized spacial score (nSPS) is 14.9. The number of anilines is 6. The summed E-state index contributed by atoms with van der Waals surface area (Å²) in [7, 11) is 0. The van der Waals surface area contributed by atoms with Gasteiger partial charge in [-0.3, -0.25) is 0 Å². The molecule has 1 aliphatic heterocycles. The van der Waals surface area contributed by atoms with Crippen molar-refractivity contribution in [3.63, 3.8) is 0 Å². The van der Waals surface area contributed by atoms with Crippen LogP contribution in [0, 0.1) is 0 Å². The summed E-state index contributed by atoms with van der Waals surface area (Å²) in [4.78, 5) is 4.96. The molecule has 0 saturated heterocycles. The molecule has 2 aliphatic carbocycles. The average molecular weight is 981 g/mol. The number of fused-ring (bicyclic) bond motifs is 12. The molecule has 1 spiro atoms. The maximum absolute atomic E-state index is 2.52. The first-order chi connectivity index (χ1) is 38.1. The minimum absolute atomic E-state index is 0.372. The molecule has 2 nitrogen and oxygen atoms in total. The van der Waals surface area contributed by atoms with Gasteiger partial charge >= 0.3 is 0 Å². The van der Waals surface area contributed by atoms with Crippen molar-refractivity contribution in [1.29, 1.82) is 0 Å². The maximum Gasteiger partial charge on any atom is 0.0755 e. The molecule has 3 aliphatic rings. The van der Waals surface area contributed by atoms with E-state index in [4.69, 9.17) is 0 Å². The second kappa shape index (κ2) is 17.7. The molecule has 2 heteroatoms. The second-order valence-electron chi connectivity index (χ2n) is 20.9. The van der Waals surface area contributed by atoms with Crippen molar-refractivity contribution in [3.05, 3.63) is 336 Å². The lowest BCUT2D eigenvalue weighted by Gasteiger charge is -2.45. The first-order valence-electron chi connectivity index (χ1n) is 26.8. The summed E-state index contributed by atoms with van der Waals surface area (Å²) in [5.74, 6) is 0. The second-order valence-corrected chi connectivity index (χ2v) is 20.9. The molecule has 0 saturated carbocycles. The van der Waals surface area contributed by atoms with Gasteiger partial charge in [0.25, 0.3) is 0 Å². The van der Waals surface area contributed by atoms with Crippen molar-refractivity contribution in [2.45, 2.75) is 17.8 Å². The topological polar surface area (TPSA) is 6.48 Å². The van der Waals surface area contributed by atoms with Crippen molar-refractivity contribution in [2.75, 3.05) is 9.80 Å². The molecule has 15 rings (SSSR count). The van der Waals surface area contributed by atoms with Crippen LogP contribution in [0.2, 0.25) is 0 Å². The van der Waals surface area contributed by atoms with Gasteiger partial charge in [0, 0.05) is 28.2 Å². The van der Waals surface area contributed by atoms with Crippen molar-refractivity contribution in [3.8, 4) is 55.6 Å². The smallest absolute Gasteiger partial charge is 0.0755 e. The highest BCUT2D eigenvalue weighted by Crippen LogP contribution is 2.64. The Morgan fingerprint density at radius 3 is 1.22 bits per heavy atom. The average Bonchev–Trinajstić information content (AvgIpc) is 4.20. The molecule has 12 aromatic carbocycles. The van der Waals surface area contributed by atoms with Crippen LogP contribution in [0.4, 0.5) is 34.1 Å². The van der Waals surface area contributed by atoms with Crippen LogP contribution in [0.15, 0.2) is 297 Å². The molecule has 362 valence electrons. The van der Waals surface area contributed by atoms with Crippen LogP contribution in [0.5, 0.6) is 0 Å². The third-order valence-corrected chi connectivity index (χ3v) is 16.9. The van der Waals surface area contributed by atoms with Gasteiger partial charge in [-0.15, -0.1) is 0 Å². The lowest BCUT2D eigenvalue weighted by atomic mass is 9.64. The molecule has 0 bridgehead atoms. The van der Waals surface area contributed by atoms with E-state index in [9.17, 15) is 0 Å². The fourth-order valence-electron chi connectivity index (χ4n) is 13.4. The molecule has 0 fully saturated rings. The molecule has 0 aromatic heterocycles. The Morgan fingerprint density at radius 2 is 0.662 bits per heavy atom. The summed E-state index contributed by atoms with van der Waals surface area (Å²) < 4.78 is 0. The van der Waals surface area contributed by atoms with E-state index in [1.165, 1.54) is 100 Å². The third kappa shape index (κ3) is 6.82. The summed E-state index contributed by atoms with van der Waals surface area (Å²) >= 11 is 0. The van der Waals surface area contributed by atoms with E-state index in [1.807, 2.05) is 0 Å². The Hall–Kier alpha value is -9.76. The van der Waals surface area contributed by atoms with Crippen LogP contribution < -0.4 is 9.80 Å². The highest BCUT2D eigenvalue weighted by molar-refractivity contribution is 5.97. The van der Waals surface area contributed by atoms with Crippen LogP contribution in [0.25, 0.3) is 55.6 Å². The van der Waals surface area contributed by atoms with Crippen LogP contribution >= 0.6 is 0 Å². The van der Waals surface area contributed by atoms with E-state index in [-0.39, 0.29) is 5.41 Å². The lowest BCUT2D eigenvalue weighted by molar-refractivity contribution is 0.714. The Bertz CT molecular complexity index is 4120. The number of nitrogens with zero attached hydrogens (tertiary/aromatic N) is 2. The highest BCUT2D eigenvalue weighted by Gasteiger charge is 2.52. The predicted octanol–water partition coefficient (Wildman–Crippen LogP) is 19.6. The minimum atomic E-state index is -0.610. The Labute approximate surface area is 451 Å². The van der Waals surface area contributed by atoms with Gasteiger partial charge in [-0.1, -0.05) is 218 Å². The lowest BCUT2D eigenvalue weighted by Crippen LogP contribution is -2.36. The summed E-state index contributed by atoms with van der Waals surface area (Å²) in [6, 6.07) is 110. The fourth-order valence-corrected chi connectivity index (χ4v) is 13.4. The van der Waals surface area contributed by atoms with E-state index in [0.29, 0.717) is 0 Å². The SMILES string of the molecule is CC1(c2ccccc2)c2ccccc2-c2ccc(N(c3ccc(-c4cc(-c5ccccc5)cc(-c5ccccc5)c4)cc3)c3ccc4c(c3)C3(c5ccccc5-4)c4ccccc4N(c4ccccc4)c4ccccc43)cc21. The van der Waals surface area contributed by atoms with Gasteiger partial charge < -0.3 is 9.80 Å². The van der Waals surface area contributed by atoms with E-state index in [0.717, 1.165) is 28.3 Å². The van der Waals surface area contributed by atoms with E-state index < -0.39 is 5.41 Å². The zero-order valence-corrected chi connectivity index (χ0v) is 42.7. The number of hydrogen-bond donors (Lipinski definition) is 0. The number of benzene rings is 12. The van der Waals surface area contributed by atoms with Gasteiger partial charge in [-0.05, 0) is 180 Å².